The molecule has 1 aromatic heterocycles. The maximum absolute atomic E-state index is 12.7. The molecule has 1 amide bonds. The van der Waals surface area contributed by atoms with Gasteiger partial charge in [0.25, 0.3) is 11.6 Å². The van der Waals surface area contributed by atoms with Gasteiger partial charge in [-0.15, -0.1) is 0 Å². The molecule has 10 heteroatoms. The summed E-state index contributed by atoms with van der Waals surface area (Å²) in [5.41, 5.74) is 1.51. The topological polar surface area (TPSA) is 117 Å². The number of hydrogen-bond donors (Lipinski definition) is 1. The number of nitrogens with zero attached hydrogens (tertiary/aromatic N) is 5. The van der Waals surface area contributed by atoms with Gasteiger partial charge in [0, 0.05) is 29.7 Å². The molecule has 33 heavy (non-hydrogen) atoms. The number of non-ortho nitro benzene ring substituents is 1. The van der Waals surface area contributed by atoms with Gasteiger partial charge in [-0.2, -0.15) is 15.1 Å². The molecule has 0 saturated carbocycles. The van der Waals surface area contributed by atoms with Gasteiger partial charge in [-0.05, 0) is 54.9 Å². The second kappa shape index (κ2) is 9.95. The van der Waals surface area contributed by atoms with E-state index in [1.165, 1.54) is 48.2 Å². The summed E-state index contributed by atoms with van der Waals surface area (Å²) in [6.07, 6.45) is 10.0. The summed E-state index contributed by atoms with van der Waals surface area (Å²) in [4.78, 5) is 27.3. The number of nitro groups is 1. The van der Waals surface area contributed by atoms with Gasteiger partial charge in [0.2, 0.25) is 5.17 Å². The van der Waals surface area contributed by atoms with Gasteiger partial charge >= 0.3 is 0 Å². The van der Waals surface area contributed by atoms with Crippen LogP contribution in [-0.2, 0) is 4.79 Å². The third kappa shape index (κ3) is 4.95. The molecule has 3 heterocycles. The van der Waals surface area contributed by atoms with Crippen LogP contribution >= 0.6 is 11.8 Å². The average molecular weight is 465 g/mol. The van der Waals surface area contributed by atoms with Crippen LogP contribution in [0.5, 0.6) is 0 Å². The maximum Gasteiger partial charge on any atom is 0.283 e. The first kappa shape index (κ1) is 22.7. The van der Waals surface area contributed by atoms with Crippen LogP contribution in [-0.4, -0.2) is 36.5 Å². The molecule has 0 atom stereocenters. The van der Waals surface area contributed by atoms with Crippen molar-refractivity contribution in [3.05, 3.63) is 64.0 Å². The fourth-order valence-electron chi connectivity index (χ4n) is 3.64. The van der Waals surface area contributed by atoms with Gasteiger partial charge in [-0.3, -0.25) is 20.3 Å². The summed E-state index contributed by atoms with van der Waals surface area (Å²) in [7, 11) is 0. The van der Waals surface area contributed by atoms with Crippen LogP contribution in [0.1, 0.15) is 51.1 Å². The van der Waals surface area contributed by atoms with Crippen LogP contribution in [0.25, 0.3) is 11.8 Å². The fraction of sp³-hybridized carbons (Fsp3) is 0.304. The zero-order valence-electron chi connectivity index (χ0n) is 18.2. The van der Waals surface area contributed by atoms with E-state index in [9.17, 15) is 14.9 Å². The number of fused-ring (bicyclic) bond motifs is 1. The minimum absolute atomic E-state index is 0.00229. The monoisotopic (exact) mass is 464 g/mol. The van der Waals surface area contributed by atoms with E-state index in [0.29, 0.717) is 16.5 Å². The number of rotatable bonds is 9. The normalized spacial score (nSPS) is 16.8. The highest BCUT2D eigenvalue weighted by Crippen LogP contribution is 2.30. The SMILES string of the molecule is CCCCCCCC1=NN2C(=N)/C(=C/c3cccn3-c3ccc([N+](=O)[O-])cc3)C(=O)N=C2S1. The Morgan fingerprint density at radius 1 is 1.15 bits per heavy atom. The molecule has 1 aromatic carbocycles. The average Bonchev–Trinajstić information content (AvgIpc) is 3.43. The van der Waals surface area contributed by atoms with Crippen molar-refractivity contribution in [2.24, 2.45) is 10.1 Å². The first-order valence-electron chi connectivity index (χ1n) is 10.9. The third-order valence-electron chi connectivity index (χ3n) is 5.40. The van der Waals surface area contributed by atoms with Crippen LogP contribution < -0.4 is 0 Å². The van der Waals surface area contributed by atoms with Gasteiger partial charge in [-0.1, -0.05) is 32.6 Å². The summed E-state index contributed by atoms with van der Waals surface area (Å²) in [6.45, 7) is 2.18. The molecule has 4 rings (SSSR count). The number of aromatic nitrogens is 1. The highest BCUT2D eigenvalue weighted by molar-refractivity contribution is 8.26. The number of nitro benzene ring substituents is 1. The number of amides is 1. The number of thioether (sulfide) groups is 1. The second-order valence-electron chi connectivity index (χ2n) is 7.75. The number of benzene rings is 1. The molecule has 0 saturated heterocycles. The van der Waals surface area contributed by atoms with Crippen molar-refractivity contribution in [1.29, 1.82) is 5.41 Å². The molecule has 2 aliphatic rings. The van der Waals surface area contributed by atoms with E-state index in [1.54, 1.807) is 41.1 Å². The molecule has 0 bridgehead atoms. The molecule has 0 radical (unpaired) electrons. The summed E-state index contributed by atoms with van der Waals surface area (Å²) in [6, 6.07) is 9.74. The van der Waals surface area contributed by atoms with Gasteiger partial charge in [0.05, 0.1) is 10.5 Å². The molecule has 1 N–H and O–H groups in total. The van der Waals surface area contributed by atoms with Crippen LogP contribution in [0.4, 0.5) is 5.69 Å². The Kier molecular flexibility index (Phi) is 6.83. The number of unbranched alkanes of at least 4 members (excludes halogenated alkanes) is 4. The van der Waals surface area contributed by atoms with Gasteiger partial charge in [-0.25, -0.2) is 0 Å². The number of nitrogens with one attached hydrogen (secondary N) is 1. The quantitative estimate of drug-likeness (QED) is 0.232. The Hall–Kier alpha value is -3.53. The number of aliphatic imine (C=N–C) groups is 1. The Bertz CT molecular complexity index is 1180. The zero-order valence-corrected chi connectivity index (χ0v) is 19.0. The molecule has 0 unspecified atom stereocenters. The number of carbonyl (C=O) groups excluding carboxylic acids is 1. The van der Waals surface area contributed by atoms with E-state index < -0.39 is 10.8 Å². The molecule has 0 aliphatic carbocycles. The lowest BCUT2D eigenvalue weighted by Crippen LogP contribution is -2.35. The predicted octanol–water partition coefficient (Wildman–Crippen LogP) is 5.37. The Morgan fingerprint density at radius 2 is 1.91 bits per heavy atom. The van der Waals surface area contributed by atoms with Gasteiger partial charge in [0.15, 0.2) is 5.84 Å². The van der Waals surface area contributed by atoms with Gasteiger partial charge in [0.1, 0.15) is 5.04 Å². The van der Waals surface area contributed by atoms with Crippen molar-refractivity contribution >= 4 is 45.5 Å². The van der Waals surface area contributed by atoms with Crippen LogP contribution in [0.15, 0.2) is 58.3 Å². The van der Waals surface area contributed by atoms with E-state index in [-0.39, 0.29) is 17.1 Å². The van der Waals surface area contributed by atoms with Crippen molar-refractivity contribution in [1.82, 2.24) is 9.58 Å². The molecule has 2 aromatic rings. The minimum Gasteiger partial charge on any atom is -0.317 e. The standard InChI is InChI=1S/C23H24N6O3S/c1-2-3-4-5-6-9-20-26-28-21(24)19(22(30)25-23(28)33-20)15-18-8-7-14-27(18)16-10-12-17(13-11-16)29(31)32/h7-8,10-15,24H,2-6,9H2,1H3/b19-15-,24-21?. The van der Waals surface area contributed by atoms with Crippen molar-refractivity contribution in [3.8, 4) is 5.69 Å². The lowest BCUT2D eigenvalue weighted by atomic mass is 10.1. The van der Waals surface area contributed by atoms with Crippen LogP contribution in [0.3, 0.4) is 0 Å². The first-order chi connectivity index (χ1) is 16.0. The zero-order chi connectivity index (χ0) is 23.4. The Labute approximate surface area is 195 Å². The molecule has 9 nitrogen and oxygen atoms in total. The first-order valence-corrected chi connectivity index (χ1v) is 11.7. The second-order valence-corrected chi connectivity index (χ2v) is 8.80. The fourth-order valence-corrected chi connectivity index (χ4v) is 4.57. The highest BCUT2D eigenvalue weighted by Gasteiger charge is 2.35. The van der Waals surface area contributed by atoms with Crippen LogP contribution in [0.2, 0.25) is 0 Å². The summed E-state index contributed by atoms with van der Waals surface area (Å²) in [5, 5.41) is 26.7. The molecule has 0 spiro atoms. The Balaban J connectivity index is 1.53. The number of hydrazone groups is 1. The van der Waals surface area contributed by atoms with Crippen molar-refractivity contribution in [2.45, 2.75) is 45.4 Å². The van der Waals surface area contributed by atoms with E-state index in [2.05, 4.69) is 17.0 Å². The van der Waals surface area contributed by atoms with E-state index >= 15 is 0 Å². The number of carbonyl (C=O) groups is 1. The molecule has 0 fully saturated rings. The van der Waals surface area contributed by atoms with Crippen molar-refractivity contribution in [3.63, 3.8) is 0 Å². The van der Waals surface area contributed by atoms with Crippen molar-refractivity contribution < 1.29 is 9.72 Å². The largest absolute Gasteiger partial charge is 0.317 e. The summed E-state index contributed by atoms with van der Waals surface area (Å²) in [5.74, 6) is -0.482. The molecule has 170 valence electrons. The van der Waals surface area contributed by atoms with Crippen molar-refractivity contribution in [2.75, 3.05) is 0 Å². The van der Waals surface area contributed by atoms with Crippen LogP contribution in [0, 0.1) is 15.5 Å². The molecular weight excluding hydrogens is 440 g/mol. The highest BCUT2D eigenvalue weighted by atomic mass is 32.2. The predicted molar refractivity (Wildman–Crippen MR) is 131 cm³/mol. The maximum atomic E-state index is 12.7. The molecule has 2 aliphatic heterocycles. The van der Waals surface area contributed by atoms with Gasteiger partial charge < -0.3 is 4.57 Å². The minimum atomic E-state index is -0.477. The van der Waals surface area contributed by atoms with E-state index in [0.717, 1.165) is 24.3 Å². The summed E-state index contributed by atoms with van der Waals surface area (Å²) < 4.78 is 1.79. The lowest BCUT2D eigenvalue weighted by Gasteiger charge is -2.20. The third-order valence-corrected chi connectivity index (χ3v) is 6.37. The molecular formula is C23H24N6O3S. The number of amidine groups is 2. The van der Waals surface area contributed by atoms with E-state index in [1.807, 2.05) is 0 Å². The van der Waals surface area contributed by atoms with E-state index in [4.69, 9.17) is 5.41 Å². The Morgan fingerprint density at radius 3 is 2.64 bits per heavy atom. The number of hydrogen-bond acceptors (Lipinski definition) is 6. The smallest absolute Gasteiger partial charge is 0.283 e. The summed E-state index contributed by atoms with van der Waals surface area (Å²) >= 11 is 1.36. The lowest BCUT2D eigenvalue weighted by molar-refractivity contribution is -0.384.